The van der Waals surface area contributed by atoms with Gasteiger partial charge in [-0.05, 0) is 30.5 Å². The first-order valence-corrected chi connectivity index (χ1v) is 6.13. The third-order valence-electron chi connectivity index (χ3n) is 3.24. The Kier molecular flexibility index (Phi) is 4.19. The molecule has 0 radical (unpaired) electrons. The van der Waals surface area contributed by atoms with Crippen molar-refractivity contribution in [2.45, 2.75) is 33.7 Å². The molecule has 0 saturated heterocycles. The highest BCUT2D eigenvalue weighted by Gasteiger charge is 2.21. The monoisotopic (exact) mass is 263 g/mol. The van der Waals surface area contributed by atoms with Crippen molar-refractivity contribution in [3.63, 3.8) is 0 Å². The largest absolute Gasteiger partial charge is 0.381 e. The number of anilines is 1. The van der Waals surface area contributed by atoms with Gasteiger partial charge in [-0.25, -0.2) is 0 Å². The quantitative estimate of drug-likeness (QED) is 0.771. The lowest BCUT2D eigenvalue weighted by atomic mass is 9.87. The van der Waals surface area contributed by atoms with Gasteiger partial charge in [0.1, 0.15) is 0 Å². The molecule has 1 rings (SSSR count). The van der Waals surface area contributed by atoms with Crippen LogP contribution < -0.4 is 16.8 Å². The van der Waals surface area contributed by atoms with Crippen LogP contribution in [-0.2, 0) is 0 Å². The molecule has 1 aromatic rings. The van der Waals surface area contributed by atoms with Crippen molar-refractivity contribution >= 4 is 17.5 Å². The summed E-state index contributed by atoms with van der Waals surface area (Å²) in [6, 6.07) is 4.66. The molecule has 0 aliphatic rings. The van der Waals surface area contributed by atoms with Crippen molar-refractivity contribution in [1.82, 2.24) is 0 Å². The number of rotatable bonds is 4. The Hall–Kier alpha value is -2.04. The second kappa shape index (κ2) is 5.30. The van der Waals surface area contributed by atoms with Gasteiger partial charge >= 0.3 is 0 Å². The van der Waals surface area contributed by atoms with Crippen LogP contribution in [0, 0.1) is 5.41 Å². The van der Waals surface area contributed by atoms with E-state index in [2.05, 4.69) is 26.1 Å². The van der Waals surface area contributed by atoms with Gasteiger partial charge in [-0.1, -0.05) is 20.8 Å². The first-order chi connectivity index (χ1) is 8.62. The molecule has 0 aromatic heterocycles. The Labute approximate surface area is 113 Å². The molecule has 0 heterocycles. The number of hydrogen-bond acceptors (Lipinski definition) is 3. The van der Waals surface area contributed by atoms with Gasteiger partial charge in [-0.2, -0.15) is 0 Å². The lowest BCUT2D eigenvalue weighted by molar-refractivity contribution is 0.0988. The highest BCUT2D eigenvalue weighted by Crippen LogP contribution is 2.25. The average molecular weight is 263 g/mol. The number of primary amides is 2. The second-order valence-electron chi connectivity index (χ2n) is 5.72. The molecule has 19 heavy (non-hydrogen) atoms. The van der Waals surface area contributed by atoms with Crippen molar-refractivity contribution in [3.05, 3.63) is 29.3 Å². The number of nitrogens with two attached hydrogens (primary N) is 2. The Balaban J connectivity index is 3.18. The van der Waals surface area contributed by atoms with Gasteiger partial charge < -0.3 is 16.8 Å². The summed E-state index contributed by atoms with van der Waals surface area (Å²) < 4.78 is 0. The molecule has 1 aromatic carbocycles. The summed E-state index contributed by atoms with van der Waals surface area (Å²) in [6.45, 7) is 8.23. The van der Waals surface area contributed by atoms with Crippen molar-refractivity contribution in [2.24, 2.45) is 16.9 Å². The maximum absolute atomic E-state index is 11.4. The molecular formula is C14H21N3O2. The predicted octanol–water partition coefficient (Wildman–Crippen LogP) is 1.73. The molecule has 0 fully saturated rings. The summed E-state index contributed by atoms with van der Waals surface area (Å²) in [5.41, 5.74) is 11.8. The highest BCUT2D eigenvalue weighted by atomic mass is 16.1. The fourth-order valence-electron chi connectivity index (χ4n) is 1.48. The van der Waals surface area contributed by atoms with Crippen LogP contribution in [-0.4, -0.2) is 17.9 Å². The van der Waals surface area contributed by atoms with E-state index in [0.717, 1.165) is 0 Å². The van der Waals surface area contributed by atoms with E-state index in [4.69, 9.17) is 11.5 Å². The van der Waals surface area contributed by atoms with E-state index in [1.165, 1.54) is 12.1 Å². The van der Waals surface area contributed by atoms with E-state index in [1.54, 1.807) is 6.07 Å². The Morgan fingerprint density at radius 3 is 2.16 bits per heavy atom. The van der Waals surface area contributed by atoms with Crippen LogP contribution in [0.4, 0.5) is 5.69 Å². The fourth-order valence-corrected chi connectivity index (χ4v) is 1.48. The number of hydrogen-bond donors (Lipinski definition) is 3. The maximum Gasteiger partial charge on any atom is 0.250 e. The van der Waals surface area contributed by atoms with E-state index >= 15 is 0 Å². The molecule has 0 bridgehead atoms. The van der Waals surface area contributed by atoms with Crippen molar-refractivity contribution in [2.75, 3.05) is 5.32 Å². The molecule has 5 heteroatoms. The number of carbonyl (C=O) groups excluding carboxylic acids is 2. The van der Waals surface area contributed by atoms with E-state index in [1.807, 2.05) is 6.92 Å². The summed E-state index contributed by atoms with van der Waals surface area (Å²) in [5.74, 6) is -1.08. The van der Waals surface area contributed by atoms with Crippen molar-refractivity contribution in [3.8, 4) is 0 Å². The van der Waals surface area contributed by atoms with E-state index < -0.39 is 11.8 Å². The normalized spacial score (nSPS) is 12.8. The van der Waals surface area contributed by atoms with Crippen LogP contribution in [0.2, 0.25) is 0 Å². The maximum atomic E-state index is 11.4. The Morgan fingerprint density at radius 1 is 1.16 bits per heavy atom. The summed E-state index contributed by atoms with van der Waals surface area (Å²) in [4.78, 5) is 22.6. The van der Waals surface area contributed by atoms with Crippen LogP contribution in [0.25, 0.3) is 0 Å². The third-order valence-corrected chi connectivity index (χ3v) is 3.24. The van der Waals surface area contributed by atoms with E-state index in [0.29, 0.717) is 16.8 Å². The molecule has 5 N–H and O–H groups in total. The first kappa shape index (κ1) is 15.0. The van der Waals surface area contributed by atoms with Crippen LogP contribution in [0.5, 0.6) is 0 Å². The summed E-state index contributed by atoms with van der Waals surface area (Å²) >= 11 is 0. The molecule has 0 aliphatic carbocycles. The van der Waals surface area contributed by atoms with Gasteiger partial charge in [-0.15, -0.1) is 0 Å². The van der Waals surface area contributed by atoms with Gasteiger partial charge in [0.2, 0.25) is 5.91 Å². The third kappa shape index (κ3) is 3.71. The first-order valence-electron chi connectivity index (χ1n) is 6.13. The van der Waals surface area contributed by atoms with E-state index in [9.17, 15) is 9.59 Å². The van der Waals surface area contributed by atoms with Crippen molar-refractivity contribution < 1.29 is 9.59 Å². The van der Waals surface area contributed by atoms with Crippen molar-refractivity contribution in [1.29, 1.82) is 0 Å². The zero-order valence-electron chi connectivity index (χ0n) is 11.8. The van der Waals surface area contributed by atoms with E-state index in [-0.39, 0.29) is 11.5 Å². The molecular weight excluding hydrogens is 242 g/mol. The van der Waals surface area contributed by atoms with Crippen LogP contribution in [0.1, 0.15) is 48.4 Å². The molecule has 2 amide bonds. The van der Waals surface area contributed by atoms with Crippen LogP contribution in [0.15, 0.2) is 18.2 Å². The number of nitrogens with one attached hydrogen (secondary N) is 1. The van der Waals surface area contributed by atoms with Gasteiger partial charge in [0.05, 0.1) is 5.56 Å². The standard InChI is InChI=1S/C14H21N3O2/c1-8(14(2,3)4)17-11-7-9(12(15)18)5-6-10(11)13(16)19/h5-8,17H,1-4H3,(H2,15,18)(H2,16,19). The SMILES string of the molecule is CC(Nc1cc(C(N)=O)ccc1C(N)=O)C(C)(C)C. The fraction of sp³-hybridized carbons (Fsp3) is 0.429. The molecule has 5 nitrogen and oxygen atoms in total. The Bertz CT molecular complexity index is 504. The molecule has 0 spiro atoms. The lowest BCUT2D eigenvalue weighted by Crippen LogP contribution is -2.32. The number of benzene rings is 1. The van der Waals surface area contributed by atoms with Gasteiger partial charge in [-0.3, -0.25) is 9.59 Å². The number of carbonyl (C=O) groups is 2. The minimum absolute atomic E-state index is 0.00234. The molecule has 1 atom stereocenters. The van der Waals surface area contributed by atoms with Crippen LogP contribution in [0.3, 0.4) is 0 Å². The minimum atomic E-state index is -0.542. The van der Waals surface area contributed by atoms with Gasteiger partial charge in [0.25, 0.3) is 5.91 Å². The second-order valence-corrected chi connectivity index (χ2v) is 5.72. The predicted molar refractivity (Wildman–Crippen MR) is 76.0 cm³/mol. The summed E-state index contributed by atoms with van der Waals surface area (Å²) in [6.07, 6.45) is 0. The van der Waals surface area contributed by atoms with Gasteiger partial charge in [0, 0.05) is 17.3 Å². The zero-order valence-corrected chi connectivity index (χ0v) is 11.8. The topological polar surface area (TPSA) is 98.2 Å². The molecule has 104 valence electrons. The minimum Gasteiger partial charge on any atom is -0.381 e. The summed E-state index contributed by atoms with van der Waals surface area (Å²) in [7, 11) is 0. The van der Waals surface area contributed by atoms with Gasteiger partial charge in [0.15, 0.2) is 0 Å². The highest BCUT2D eigenvalue weighted by molar-refractivity contribution is 6.01. The van der Waals surface area contributed by atoms with Crippen LogP contribution >= 0.6 is 0 Å². The molecule has 0 saturated carbocycles. The average Bonchev–Trinajstić information content (AvgIpc) is 2.27. The molecule has 0 aliphatic heterocycles. The number of amides is 2. The Morgan fingerprint density at radius 2 is 1.74 bits per heavy atom. The summed E-state index contributed by atoms with van der Waals surface area (Å²) in [5, 5.41) is 3.22. The molecule has 1 unspecified atom stereocenters. The zero-order chi connectivity index (χ0) is 14.8. The smallest absolute Gasteiger partial charge is 0.250 e. The lowest BCUT2D eigenvalue weighted by Gasteiger charge is -2.29.